The topological polar surface area (TPSA) is 78.0 Å². The molecule has 0 fully saturated rings. The van der Waals surface area contributed by atoms with Crippen molar-refractivity contribution < 1.29 is 4.79 Å². The van der Waals surface area contributed by atoms with Crippen LogP contribution in [0.3, 0.4) is 0 Å². The molecule has 1 heterocycles. The van der Waals surface area contributed by atoms with Gasteiger partial charge in [0.25, 0.3) is 11.5 Å². The third kappa shape index (κ3) is 2.61. The van der Waals surface area contributed by atoms with Crippen LogP contribution in [0.1, 0.15) is 34.8 Å². The Morgan fingerprint density at radius 2 is 1.87 bits per heavy atom. The van der Waals surface area contributed by atoms with E-state index >= 15 is 0 Å². The monoisotopic (exact) mass is 307 g/mol. The minimum absolute atomic E-state index is 0.00568. The van der Waals surface area contributed by atoms with Crippen molar-refractivity contribution in [1.82, 2.24) is 9.55 Å². The highest BCUT2D eigenvalue weighted by atomic mass is 16.1. The summed E-state index contributed by atoms with van der Waals surface area (Å²) in [4.78, 5) is 27.8. The van der Waals surface area contributed by atoms with Crippen LogP contribution in [0.4, 0.5) is 0 Å². The highest BCUT2D eigenvalue weighted by Crippen LogP contribution is 2.26. The minimum Gasteiger partial charge on any atom is -0.364 e. The number of aryl methyl sites for hydroxylation is 1. The molecule has 116 valence electrons. The average molecular weight is 307 g/mol. The fourth-order valence-corrected chi connectivity index (χ4v) is 2.96. The van der Waals surface area contributed by atoms with Gasteiger partial charge in [-0.25, -0.2) is 4.98 Å². The molecule has 0 unspecified atom stereocenters. The summed E-state index contributed by atoms with van der Waals surface area (Å²) < 4.78 is 1.58. The lowest BCUT2D eigenvalue weighted by Crippen LogP contribution is -2.29. The summed E-state index contributed by atoms with van der Waals surface area (Å²) in [5.41, 5.74) is 5.95. The predicted molar refractivity (Wildman–Crippen MR) is 89.5 cm³/mol. The van der Waals surface area contributed by atoms with Gasteiger partial charge in [0.2, 0.25) is 0 Å². The summed E-state index contributed by atoms with van der Waals surface area (Å²) in [6, 6.07) is 15.0. The molecule has 0 aliphatic rings. The SMILES string of the molecule is Cc1nc(C(N)=O)cc(=O)n1[C@@H](C)c1cccc2ccccc12. The molecule has 0 saturated carbocycles. The molecule has 1 aromatic heterocycles. The van der Waals surface area contributed by atoms with E-state index in [-0.39, 0.29) is 17.3 Å². The van der Waals surface area contributed by atoms with Gasteiger partial charge < -0.3 is 5.73 Å². The summed E-state index contributed by atoms with van der Waals surface area (Å²) in [6.07, 6.45) is 0. The van der Waals surface area contributed by atoms with Crippen LogP contribution in [0.5, 0.6) is 0 Å². The number of nitrogens with zero attached hydrogens (tertiary/aromatic N) is 2. The Balaban J connectivity index is 2.19. The Hall–Kier alpha value is -2.95. The third-order valence-corrected chi connectivity index (χ3v) is 4.04. The van der Waals surface area contributed by atoms with Crippen molar-refractivity contribution >= 4 is 16.7 Å². The van der Waals surface area contributed by atoms with E-state index in [1.165, 1.54) is 6.07 Å². The molecule has 3 aromatic rings. The predicted octanol–water partition coefficient (Wildman–Crippen LogP) is 2.41. The number of hydrogen-bond acceptors (Lipinski definition) is 3. The Morgan fingerprint density at radius 1 is 1.17 bits per heavy atom. The van der Waals surface area contributed by atoms with Crippen LogP contribution >= 0.6 is 0 Å². The molecule has 0 bridgehead atoms. The molecule has 3 rings (SSSR count). The van der Waals surface area contributed by atoms with Gasteiger partial charge in [-0.3, -0.25) is 14.2 Å². The Kier molecular flexibility index (Phi) is 3.70. The van der Waals surface area contributed by atoms with Crippen LogP contribution in [-0.2, 0) is 0 Å². The van der Waals surface area contributed by atoms with Crippen molar-refractivity contribution in [3.63, 3.8) is 0 Å². The first-order chi connectivity index (χ1) is 11.0. The largest absolute Gasteiger partial charge is 0.364 e. The number of hydrogen-bond donors (Lipinski definition) is 1. The van der Waals surface area contributed by atoms with Crippen LogP contribution in [0.2, 0.25) is 0 Å². The minimum atomic E-state index is -0.699. The molecular weight excluding hydrogens is 290 g/mol. The zero-order chi connectivity index (χ0) is 16.6. The molecule has 0 spiro atoms. The first-order valence-electron chi connectivity index (χ1n) is 7.36. The molecule has 2 aromatic carbocycles. The first kappa shape index (κ1) is 15.0. The molecule has 2 N–H and O–H groups in total. The molecule has 0 aliphatic carbocycles. The number of carbonyl (C=O) groups is 1. The van der Waals surface area contributed by atoms with E-state index in [4.69, 9.17) is 5.73 Å². The maximum absolute atomic E-state index is 12.4. The maximum Gasteiger partial charge on any atom is 0.267 e. The van der Waals surface area contributed by atoms with Crippen LogP contribution in [0.15, 0.2) is 53.3 Å². The van der Waals surface area contributed by atoms with Gasteiger partial charge in [0.15, 0.2) is 0 Å². The standard InChI is InChI=1S/C18H17N3O2/c1-11(14-9-5-7-13-6-3-4-8-15(13)14)21-12(2)20-16(18(19)23)10-17(21)22/h3-11H,1-2H3,(H2,19,23)/t11-/m0/s1. The van der Waals surface area contributed by atoms with Gasteiger partial charge in [0, 0.05) is 6.07 Å². The Morgan fingerprint density at radius 3 is 2.57 bits per heavy atom. The molecule has 1 atom stereocenters. The molecule has 0 radical (unpaired) electrons. The summed E-state index contributed by atoms with van der Waals surface area (Å²) in [5.74, 6) is -0.234. The number of benzene rings is 2. The van der Waals surface area contributed by atoms with E-state index in [1.807, 2.05) is 49.4 Å². The normalized spacial score (nSPS) is 12.3. The quantitative estimate of drug-likeness (QED) is 0.807. The number of carbonyl (C=O) groups excluding carboxylic acids is 1. The lowest BCUT2D eigenvalue weighted by atomic mass is 9.99. The van der Waals surface area contributed by atoms with Crippen molar-refractivity contribution in [1.29, 1.82) is 0 Å². The zero-order valence-corrected chi connectivity index (χ0v) is 13.0. The van der Waals surface area contributed by atoms with Crippen LogP contribution in [0, 0.1) is 6.92 Å². The Labute approximate surface area is 133 Å². The molecule has 5 nitrogen and oxygen atoms in total. The molecule has 0 aliphatic heterocycles. The van der Waals surface area contributed by atoms with E-state index in [0.717, 1.165) is 16.3 Å². The first-order valence-corrected chi connectivity index (χ1v) is 7.36. The average Bonchev–Trinajstić information content (AvgIpc) is 2.53. The van der Waals surface area contributed by atoms with Gasteiger partial charge in [-0.1, -0.05) is 42.5 Å². The van der Waals surface area contributed by atoms with E-state index in [0.29, 0.717) is 5.82 Å². The maximum atomic E-state index is 12.4. The van der Waals surface area contributed by atoms with Gasteiger partial charge in [-0.05, 0) is 30.2 Å². The van der Waals surface area contributed by atoms with Crippen LogP contribution in [-0.4, -0.2) is 15.5 Å². The number of fused-ring (bicyclic) bond motifs is 1. The molecule has 23 heavy (non-hydrogen) atoms. The van der Waals surface area contributed by atoms with Crippen molar-refractivity contribution in [3.8, 4) is 0 Å². The van der Waals surface area contributed by atoms with Gasteiger partial charge in [-0.2, -0.15) is 0 Å². The van der Waals surface area contributed by atoms with Crippen molar-refractivity contribution in [2.24, 2.45) is 5.73 Å². The highest BCUT2D eigenvalue weighted by molar-refractivity contribution is 5.90. The summed E-state index contributed by atoms with van der Waals surface area (Å²) in [7, 11) is 0. The zero-order valence-electron chi connectivity index (χ0n) is 13.0. The number of aromatic nitrogens is 2. The van der Waals surface area contributed by atoms with Gasteiger partial charge >= 0.3 is 0 Å². The molecular formula is C18H17N3O2. The second-order valence-corrected chi connectivity index (χ2v) is 5.51. The number of rotatable bonds is 3. The smallest absolute Gasteiger partial charge is 0.267 e. The lowest BCUT2D eigenvalue weighted by molar-refractivity contribution is 0.0994. The van der Waals surface area contributed by atoms with Crippen molar-refractivity contribution in [3.05, 3.63) is 76.0 Å². The van der Waals surface area contributed by atoms with Crippen molar-refractivity contribution in [2.75, 3.05) is 0 Å². The Bertz CT molecular complexity index is 955. The molecule has 1 amide bonds. The number of primary amides is 1. The molecule has 5 heteroatoms. The summed E-state index contributed by atoms with van der Waals surface area (Å²) in [6.45, 7) is 3.65. The van der Waals surface area contributed by atoms with Gasteiger partial charge in [0.1, 0.15) is 11.5 Å². The van der Waals surface area contributed by atoms with E-state index < -0.39 is 5.91 Å². The third-order valence-electron chi connectivity index (χ3n) is 4.04. The summed E-state index contributed by atoms with van der Waals surface area (Å²) >= 11 is 0. The van der Waals surface area contributed by atoms with E-state index in [1.54, 1.807) is 11.5 Å². The number of nitrogens with two attached hydrogens (primary N) is 1. The van der Waals surface area contributed by atoms with E-state index in [9.17, 15) is 9.59 Å². The number of amides is 1. The second-order valence-electron chi connectivity index (χ2n) is 5.51. The van der Waals surface area contributed by atoms with Gasteiger partial charge in [0.05, 0.1) is 6.04 Å². The van der Waals surface area contributed by atoms with Gasteiger partial charge in [-0.15, -0.1) is 0 Å². The van der Waals surface area contributed by atoms with Crippen LogP contribution in [0.25, 0.3) is 10.8 Å². The van der Waals surface area contributed by atoms with Crippen molar-refractivity contribution in [2.45, 2.75) is 19.9 Å². The van der Waals surface area contributed by atoms with E-state index in [2.05, 4.69) is 4.98 Å². The highest BCUT2D eigenvalue weighted by Gasteiger charge is 2.17. The fraction of sp³-hybridized carbons (Fsp3) is 0.167. The second kappa shape index (κ2) is 5.68. The molecule has 0 saturated heterocycles. The summed E-state index contributed by atoms with van der Waals surface area (Å²) in [5, 5.41) is 2.21. The lowest BCUT2D eigenvalue weighted by Gasteiger charge is -2.20. The van der Waals surface area contributed by atoms with Crippen LogP contribution < -0.4 is 11.3 Å². The fourth-order valence-electron chi connectivity index (χ4n) is 2.96.